The molecule has 13 atom stereocenters. The lowest BCUT2D eigenvalue weighted by molar-refractivity contribution is -0.223. The Hall–Kier alpha value is -3.02. The molecule has 7 rings (SSSR count). The highest BCUT2D eigenvalue weighted by atomic mass is 32.2. The minimum absolute atomic E-state index is 0.0339. The molecule has 1 amide bonds. The summed E-state index contributed by atoms with van der Waals surface area (Å²) < 4.78 is 51.6. The monoisotopic (exact) mass is 805 g/mol. The van der Waals surface area contributed by atoms with Crippen LogP contribution >= 0.6 is 0 Å². The van der Waals surface area contributed by atoms with E-state index in [0.29, 0.717) is 12.8 Å². The van der Waals surface area contributed by atoms with E-state index in [1.807, 2.05) is 13.0 Å². The molecule has 3 N–H and O–H groups in total. The Labute approximate surface area is 327 Å². The molecule has 7 aliphatic rings. The number of hydrogen-bond acceptors (Lipinski definition) is 13. The first-order valence-corrected chi connectivity index (χ1v) is 21.7. The summed E-state index contributed by atoms with van der Waals surface area (Å²) in [6.45, 7) is 6.62. The summed E-state index contributed by atoms with van der Waals surface area (Å²) >= 11 is 0. The van der Waals surface area contributed by atoms with Gasteiger partial charge in [-0.15, -0.1) is 5.06 Å². The van der Waals surface area contributed by atoms with Crippen molar-refractivity contribution in [2.45, 2.75) is 140 Å². The first kappa shape index (κ1) is 41.2. The molecule has 0 spiro atoms. The number of hydroxylamine groups is 2. The molecule has 0 aromatic rings. The van der Waals surface area contributed by atoms with E-state index in [4.69, 9.17) is 19.0 Å². The molecule has 56 heavy (non-hydrogen) atoms. The fourth-order valence-corrected chi connectivity index (χ4v) is 12.3. The molecule has 2 heterocycles. The number of carbonyl (C=O) groups excluding carboxylic acids is 5. The summed E-state index contributed by atoms with van der Waals surface area (Å²) in [6, 6.07) is 0. The van der Waals surface area contributed by atoms with Gasteiger partial charge in [0.15, 0.2) is 30.5 Å². The predicted molar refractivity (Wildman–Crippen MR) is 195 cm³/mol. The topological polar surface area (TPSA) is 220 Å². The van der Waals surface area contributed by atoms with E-state index in [1.165, 1.54) is 6.92 Å². The van der Waals surface area contributed by atoms with Crippen molar-refractivity contribution in [3.8, 4) is 0 Å². The van der Waals surface area contributed by atoms with Crippen LogP contribution < -0.4 is 0 Å². The van der Waals surface area contributed by atoms with Crippen molar-refractivity contribution in [1.29, 1.82) is 0 Å². The van der Waals surface area contributed by atoms with Crippen LogP contribution in [0.15, 0.2) is 23.8 Å². The number of carbonyl (C=O) groups is 5. The van der Waals surface area contributed by atoms with Crippen LogP contribution in [0.3, 0.4) is 0 Å². The van der Waals surface area contributed by atoms with Crippen LogP contribution in [0.2, 0.25) is 0 Å². The van der Waals surface area contributed by atoms with Gasteiger partial charge in [0, 0.05) is 22.7 Å². The second-order valence-corrected chi connectivity index (χ2v) is 19.5. The lowest BCUT2D eigenvalue weighted by atomic mass is 9.46. The predicted octanol–water partition coefficient (Wildman–Crippen LogP) is 3.37. The lowest BCUT2D eigenvalue weighted by Gasteiger charge is -2.59. The van der Waals surface area contributed by atoms with Gasteiger partial charge in [-0.25, -0.2) is 4.79 Å². The molecule has 0 aromatic heterocycles. The van der Waals surface area contributed by atoms with Gasteiger partial charge < -0.3 is 29.3 Å². The van der Waals surface area contributed by atoms with Crippen LogP contribution in [-0.2, 0) is 53.1 Å². The van der Waals surface area contributed by atoms with Gasteiger partial charge in [-0.3, -0.25) is 23.7 Å². The number of nitrogens with zero attached hydrogens (tertiary/aromatic N) is 1. The second-order valence-electron chi connectivity index (χ2n) is 17.9. The van der Waals surface area contributed by atoms with Gasteiger partial charge in [0.05, 0.1) is 30.5 Å². The molecule has 2 aliphatic heterocycles. The molecule has 16 heteroatoms. The molecule has 5 aliphatic carbocycles. The normalized spacial score (nSPS) is 40.6. The zero-order valence-electron chi connectivity index (χ0n) is 32.5. The van der Waals surface area contributed by atoms with Crippen molar-refractivity contribution in [3.05, 3.63) is 23.8 Å². The SMILES string of the molecule is CC(CCC(C)C(=O)ON1C(=O)CC(S(=O)(=O)O)C1O)C(=O)OCC(=O)[C@@]12O[C@H](C3CCCCC3)O[C@@H]1C[C@H]1[C@@H]3CCC4=CC(=O)C=C[C@]4(C)[C@H]3[C@@H](O)C[C@@]12C. The third-order valence-corrected chi connectivity index (χ3v) is 15.8. The average molecular weight is 806 g/mol. The maximum Gasteiger partial charge on any atom is 0.335 e. The van der Waals surface area contributed by atoms with Crippen LogP contribution in [0, 0.1) is 46.3 Å². The third kappa shape index (κ3) is 6.79. The van der Waals surface area contributed by atoms with Gasteiger partial charge in [0.1, 0.15) is 5.25 Å². The summed E-state index contributed by atoms with van der Waals surface area (Å²) in [4.78, 5) is 70.2. The van der Waals surface area contributed by atoms with E-state index >= 15 is 0 Å². The largest absolute Gasteiger partial charge is 0.457 e. The third-order valence-electron chi connectivity index (χ3n) is 14.7. The van der Waals surface area contributed by atoms with Gasteiger partial charge in [0.25, 0.3) is 16.0 Å². The zero-order valence-corrected chi connectivity index (χ0v) is 33.3. The summed E-state index contributed by atoms with van der Waals surface area (Å²) in [5.74, 6) is -4.73. The smallest absolute Gasteiger partial charge is 0.335 e. The molecular formula is C40H55NO14S. The van der Waals surface area contributed by atoms with E-state index in [2.05, 4.69) is 6.92 Å². The highest BCUT2D eigenvalue weighted by Crippen LogP contribution is 2.70. The van der Waals surface area contributed by atoms with Crippen molar-refractivity contribution in [3.63, 3.8) is 0 Å². The van der Waals surface area contributed by atoms with Crippen molar-refractivity contribution in [2.75, 3.05) is 6.61 Å². The molecule has 0 radical (unpaired) electrons. The molecule has 2 saturated heterocycles. The Balaban J connectivity index is 1.02. The van der Waals surface area contributed by atoms with Crippen molar-refractivity contribution >= 4 is 39.5 Å². The second kappa shape index (κ2) is 15.0. The van der Waals surface area contributed by atoms with Crippen molar-refractivity contribution in [1.82, 2.24) is 5.06 Å². The fraction of sp³-hybridized carbons (Fsp3) is 0.775. The van der Waals surface area contributed by atoms with Gasteiger partial charge in [0.2, 0.25) is 5.78 Å². The number of amides is 1. The number of ketones is 2. The first-order chi connectivity index (χ1) is 26.3. The molecule has 4 unspecified atom stereocenters. The molecule has 0 aromatic carbocycles. The van der Waals surface area contributed by atoms with E-state index in [0.717, 1.165) is 44.1 Å². The summed E-state index contributed by atoms with van der Waals surface area (Å²) in [5.41, 5.74) is -1.74. The lowest BCUT2D eigenvalue weighted by Crippen LogP contribution is -2.63. The number of hydrogen-bond donors (Lipinski definition) is 3. The van der Waals surface area contributed by atoms with E-state index in [-0.39, 0.29) is 53.8 Å². The Morgan fingerprint density at radius 1 is 1.02 bits per heavy atom. The summed E-state index contributed by atoms with van der Waals surface area (Å²) in [6.07, 6.45) is 8.05. The number of allylic oxidation sites excluding steroid dienone is 4. The highest BCUT2D eigenvalue weighted by molar-refractivity contribution is 7.86. The van der Waals surface area contributed by atoms with Crippen molar-refractivity contribution in [2.24, 2.45) is 46.3 Å². The standard InChI is InChI=1S/C40H55NO14S/c1-21(10-11-22(2)36(48)55-41-32(45)18-29(34(41)46)56(49,50)51)35(47)52-20-30(44)40-31(53-37(54-40)23-8-6-5-7-9-23)17-27-26-13-12-24-16-25(42)14-15-38(24,3)33(26)28(43)19-39(27,40)4/h14-16,21-23,26-29,31,33-34,37,43,46H,5-13,17-20H2,1-4H3,(H,49,50,51)/t21?,22?,26-,27-,28-,29?,31+,33+,34?,37+,38-,39-,40+/m0/s1. The number of esters is 1. The maximum atomic E-state index is 14.7. The van der Waals surface area contributed by atoms with Gasteiger partial charge in [-0.2, -0.15) is 8.42 Å². The molecule has 0 bridgehead atoms. The molecule has 310 valence electrons. The summed E-state index contributed by atoms with van der Waals surface area (Å²) in [5, 5.41) is 20.6. The van der Waals surface area contributed by atoms with Crippen LogP contribution in [-0.4, -0.2) is 99.8 Å². The number of aliphatic hydroxyl groups is 2. The molecule has 4 saturated carbocycles. The van der Waals surface area contributed by atoms with Crippen LogP contribution in [0.1, 0.15) is 105 Å². The number of rotatable bonds is 11. The van der Waals surface area contributed by atoms with Gasteiger partial charge in [-0.1, -0.05) is 58.6 Å². The van der Waals surface area contributed by atoms with Gasteiger partial charge >= 0.3 is 11.9 Å². The molecule has 6 fully saturated rings. The minimum atomic E-state index is -4.78. The van der Waals surface area contributed by atoms with E-state index in [1.54, 1.807) is 19.1 Å². The average Bonchev–Trinajstić information content (AvgIpc) is 3.76. The zero-order chi connectivity index (χ0) is 40.5. The quantitative estimate of drug-likeness (QED) is 0.202. The number of fused-ring (bicyclic) bond motifs is 7. The van der Waals surface area contributed by atoms with E-state index < -0.39 is 105 Å². The number of ether oxygens (including phenoxy) is 3. The molecule has 15 nitrogen and oxygen atoms in total. The Morgan fingerprint density at radius 3 is 2.36 bits per heavy atom. The minimum Gasteiger partial charge on any atom is -0.457 e. The van der Waals surface area contributed by atoms with E-state index in [9.17, 15) is 47.2 Å². The first-order valence-electron chi connectivity index (χ1n) is 20.2. The number of Topliss-reactive ketones (excluding diaryl/α,β-unsaturated/α-hetero) is 1. The summed E-state index contributed by atoms with van der Waals surface area (Å²) in [7, 11) is -4.78. The van der Waals surface area contributed by atoms with Crippen LogP contribution in [0.5, 0.6) is 0 Å². The Kier molecular flexibility index (Phi) is 11.0. The number of aliphatic hydroxyl groups excluding tert-OH is 2. The molecular weight excluding hydrogens is 750 g/mol. The van der Waals surface area contributed by atoms with Crippen LogP contribution in [0.25, 0.3) is 0 Å². The Bertz CT molecular complexity index is 1810. The van der Waals surface area contributed by atoms with Crippen LogP contribution in [0.4, 0.5) is 0 Å². The maximum absolute atomic E-state index is 14.7. The fourth-order valence-electron chi connectivity index (χ4n) is 11.5. The Morgan fingerprint density at radius 2 is 1.70 bits per heavy atom. The highest BCUT2D eigenvalue weighted by Gasteiger charge is 2.76. The van der Waals surface area contributed by atoms with Gasteiger partial charge in [-0.05, 0) is 75.4 Å². The van der Waals surface area contributed by atoms with Crippen molar-refractivity contribution < 1.29 is 66.2 Å².